The van der Waals surface area contributed by atoms with Crippen LogP contribution >= 0.6 is 34.0 Å². The number of thiazole rings is 2. The lowest BCUT2D eigenvalue weighted by Gasteiger charge is -2.03. The maximum Gasteiger partial charge on any atom is 0.269 e. The van der Waals surface area contributed by atoms with Crippen LogP contribution in [0.25, 0.3) is 21.1 Å². The molecule has 0 bridgehead atoms. The van der Waals surface area contributed by atoms with E-state index in [0.29, 0.717) is 27.0 Å². The van der Waals surface area contributed by atoms with Gasteiger partial charge in [0.05, 0.1) is 23.4 Å². The summed E-state index contributed by atoms with van der Waals surface area (Å²) in [6.07, 6.45) is 0. The van der Waals surface area contributed by atoms with E-state index in [1.807, 2.05) is 24.4 Å². The molecule has 3 aromatic heterocycles. The average Bonchev–Trinajstić information content (AvgIpc) is 3.42. The van der Waals surface area contributed by atoms with E-state index in [-0.39, 0.29) is 11.7 Å². The zero-order valence-electron chi connectivity index (χ0n) is 14.9. The third kappa shape index (κ3) is 3.68. The minimum atomic E-state index is -0.458. The van der Waals surface area contributed by atoms with E-state index in [4.69, 9.17) is 4.74 Å². The van der Waals surface area contributed by atoms with E-state index >= 15 is 0 Å². The maximum atomic E-state index is 13.9. The van der Waals surface area contributed by atoms with Crippen molar-refractivity contribution in [3.63, 3.8) is 0 Å². The van der Waals surface area contributed by atoms with E-state index < -0.39 is 5.82 Å². The summed E-state index contributed by atoms with van der Waals surface area (Å²) in [4.78, 5) is 23.1. The number of carbonyl (C=O) groups is 1. The zero-order valence-corrected chi connectivity index (χ0v) is 17.3. The van der Waals surface area contributed by atoms with Gasteiger partial charge in [0.25, 0.3) is 5.91 Å². The number of ether oxygens (including phenoxy) is 1. The van der Waals surface area contributed by atoms with Gasteiger partial charge < -0.3 is 4.74 Å². The molecule has 0 radical (unpaired) electrons. The first-order chi connectivity index (χ1) is 13.5. The second-order valence-electron chi connectivity index (χ2n) is 5.75. The summed E-state index contributed by atoms with van der Waals surface area (Å²) in [5.74, 6) is -0.533. The topological polar surface area (TPSA) is 64.1 Å². The summed E-state index contributed by atoms with van der Waals surface area (Å²) in [7, 11) is 1.42. The van der Waals surface area contributed by atoms with Crippen LogP contribution in [0.4, 0.5) is 9.52 Å². The SMILES string of the molecule is COc1ccc(-c2csc(NC(=O)c3sc(-c4cccs4)nc3C)n2)cc1F. The van der Waals surface area contributed by atoms with Crippen LogP contribution < -0.4 is 10.1 Å². The molecule has 0 saturated heterocycles. The lowest BCUT2D eigenvalue weighted by molar-refractivity contribution is 0.103. The van der Waals surface area contributed by atoms with Crippen molar-refractivity contribution in [1.82, 2.24) is 9.97 Å². The lowest BCUT2D eigenvalue weighted by Crippen LogP contribution is -2.11. The van der Waals surface area contributed by atoms with E-state index in [9.17, 15) is 9.18 Å². The van der Waals surface area contributed by atoms with E-state index in [1.54, 1.807) is 28.8 Å². The highest BCUT2D eigenvalue weighted by atomic mass is 32.1. The first-order valence-corrected chi connectivity index (χ1v) is 10.7. The monoisotopic (exact) mass is 431 g/mol. The Hall–Kier alpha value is -2.62. The van der Waals surface area contributed by atoms with Crippen molar-refractivity contribution in [2.75, 3.05) is 12.4 Å². The van der Waals surface area contributed by atoms with Crippen LogP contribution in [0.15, 0.2) is 41.1 Å². The van der Waals surface area contributed by atoms with Crippen LogP contribution in [-0.2, 0) is 0 Å². The molecule has 0 fully saturated rings. The smallest absolute Gasteiger partial charge is 0.269 e. The van der Waals surface area contributed by atoms with Crippen LogP contribution in [0.1, 0.15) is 15.4 Å². The molecule has 142 valence electrons. The number of halogens is 1. The normalized spacial score (nSPS) is 10.8. The molecule has 28 heavy (non-hydrogen) atoms. The van der Waals surface area contributed by atoms with Gasteiger partial charge in [-0.3, -0.25) is 10.1 Å². The molecule has 0 aliphatic carbocycles. The van der Waals surface area contributed by atoms with Gasteiger partial charge in [-0.1, -0.05) is 6.07 Å². The third-order valence-corrected chi connectivity index (χ3v) is 6.86. The number of rotatable bonds is 5. The van der Waals surface area contributed by atoms with Gasteiger partial charge in [0.1, 0.15) is 9.88 Å². The molecule has 0 aliphatic heterocycles. The summed E-state index contributed by atoms with van der Waals surface area (Å²) in [5, 5.41) is 7.83. The number of aromatic nitrogens is 2. The fourth-order valence-electron chi connectivity index (χ4n) is 2.56. The number of methoxy groups -OCH3 is 1. The van der Waals surface area contributed by atoms with Crippen molar-refractivity contribution in [2.24, 2.45) is 0 Å². The predicted octanol–water partition coefficient (Wildman–Crippen LogP) is 5.70. The minimum Gasteiger partial charge on any atom is -0.494 e. The number of nitrogens with zero attached hydrogens (tertiary/aromatic N) is 2. The van der Waals surface area contributed by atoms with Crippen LogP contribution in [-0.4, -0.2) is 23.0 Å². The Kier molecular flexibility index (Phi) is 5.21. The Morgan fingerprint density at radius 2 is 2.07 bits per heavy atom. The number of hydrogen-bond acceptors (Lipinski definition) is 7. The van der Waals surface area contributed by atoms with Crippen molar-refractivity contribution in [2.45, 2.75) is 6.92 Å². The van der Waals surface area contributed by atoms with Crippen molar-refractivity contribution < 1.29 is 13.9 Å². The van der Waals surface area contributed by atoms with Gasteiger partial charge >= 0.3 is 0 Å². The maximum absolute atomic E-state index is 13.9. The van der Waals surface area contributed by atoms with Gasteiger partial charge in [-0.15, -0.1) is 34.0 Å². The molecule has 1 amide bonds. The number of anilines is 1. The summed E-state index contributed by atoms with van der Waals surface area (Å²) >= 11 is 4.22. The molecule has 0 spiro atoms. The highest BCUT2D eigenvalue weighted by molar-refractivity contribution is 7.22. The van der Waals surface area contributed by atoms with Gasteiger partial charge in [0.2, 0.25) is 0 Å². The molecule has 0 aliphatic rings. The van der Waals surface area contributed by atoms with Crippen molar-refractivity contribution in [3.8, 4) is 26.9 Å². The Bertz CT molecular complexity index is 1140. The average molecular weight is 432 g/mol. The highest BCUT2D eigenvalue weighted by Crippen LogP contribution is 2.32. The minimum absolute atomic E-state index is 0.176. The molecular formula is C19H14FN3O2S3. The third-order valence-electron chi connectivity index (χ3n) is 3.91. The second-order valence-corrected chi connectivity index (χ2v) is 8.56. The fraction of sp³-hybridized carbons (Fsp3) is 0.105. The van der Waals surface area contributed by atoms with Gasteiger partial charge in [-0.25, -0.2) is 14.4 Å². The van der Waals surface area contributed by atoms with Crippen LogP contribution in [0.2, 0.25) is 0 Å². The first-order valence-electron chi connectivity index (χ1n) is 8.17. The molecule has 3 heterocycles. The molecule has 4 rings (SSSR count). The lowest BCUT2D eigenvalue weighted by atomic mass is 10.1. The highest BCUT2D eigenvalue weighted by Gasteiger charge is 2.18. The predicted molar refractivity (Wildman–Crippen MR) is 112 cm³/mol. The quantitative estimate of drug-likeness (QED) is 0.440. The molecule has 9 heteroatoms. The molecular weight excluding hydrogens is 417 g/mol. The Labute approximate surface area is 172 Å². The zero-order chi connectivity index (χ0) is 19.7. The van der Waals surface area contributed by atoms with Crippen LogP contribution in [0.5, 0.6) is 5.75 Å². The molecule has 1 aromatic carbocycles. The van der Waals surface area contributed by atoms with Crippen molar-refractivity contribution >= 4 is 45.0 Å². The van der Waals surface area contributed by atoms with Crippen molar-refractivity contribution in [1.29, 1.82) is 0 Å². The summed E-state index contributed by atoms with van der Waals surface area (Å²) in [6, 6.07) is 8.57. The standard InChI is InChI=1S/C19H14FN3O2S3/c1-10-16(28-18(21-10)15-4-3-7-26-15)17(24)23-19-22-13(9-27-19)11-5-6-14(25-2)12(20)8-11/h3-9H,1-2H3,(H,22,23,24). The summed E-state index contributed by atoms with van der Waals surface area (Å²) < 4.78 is 18.8. The number of aryl methyl sites for hydroxylation is 1. The number of thiophene rings is 1. The molecule has 1 N–H and O–H groups in total. The van der Waals surface area contributed by atoms with E-state index in [2.05, 4.69) is 15.3 Å². The number of carbonyl (C=O) groups excluding carboxylic acids is 1. The number of benzene rings is 1. The van der Waals surface area contributed by atoms with Gasteiger partial charge in [-0.05, 0) is 36.6 Å². The second kappa shape index (κ2) is 7.78. The molecule has 5 nitrogen and oxygen atoms in total. The Morgan fingerprint density at radius 3 is 2.79 bits per heavy atom. The van der Waals surface area contributed by atoms with E-state index in [1.165, 1.54) is 35.8 Å². The van der Waals surface area contributed by atoms with E-state index in [0.717, 1.165) is 9.88 Å². The Morgan fingerprint density at radius 1 is 1.21 bits per heavy atom. The van der Waals surface area contributed by atoms with Gasteiger partial charge in [-0.2, -0.15) is 0 Å². The molecule has 0 unspecified atom stereocenters. The Balaban J connectivity index is 1.53. The van der Waals surface area contributed by atoms with Crippen molar-refractivity contribution in [3.05, 3.63) is 57.5 Å². The summed E-state index contributed by atoms with van der Waals surface area (Å²) in [6.45, 7) is 1.82. The first kappa shape index (κ1) is 18.7. The largest absolute Gasteiger partial charge is 0.494 e. The van der Waals surface area contributed by atoms with Gasteiger partial charge in [0.15, 0.2) is 16.7 Å². The molecule has 0 atom stereocenters. The summed E-state index contributed by atoms with van der Waals surface area (Å²) in [5.41, 5.74) is 1.88. The number of hydrogen-bond donors (Lipinski definition) is 1. The van der Waals surface area contributed by atoms with Crippen LogP contribution in [0.3, 0.4) is 0 Å². The number of amides is 1. The van der Waals surface area contributed by atoms with Gasteiger partial charge in [0, 0.05) is 10.9 Å². The fourth-order valence-corrected chi connectivity index (χ4v) is 5.03. The molecule has 4 aromatic rings. The number of nitrogens with one attached hydrogen (secondary N) is 1. The van der Waals surface area contributed by atoms with Crippen LogP contribution in [0, 0.1) is 12.7 Å². The molecule has 0 saturated carbocycles.